The van der Waals surface area contributed by atoms with Gasteiger partial charge < -0.3 is 10.1 Å². The highest BCUT2D eigenvalue weighted by Crippen LogP contribution is 2.24. The Morgan fingerprint density at radius 3 is 2.27 bits per heavy atom. The van der Waals surface area contributed by atoms with E-state index in [9.17, 15) is 13.2 Å². The van der Waals surface area contributed by atoms with Crippen molar-refractivity contribution in [2.45, 2.75) is 19.9 Å². The normalized spacial score (nSPS) is 12.5. The van der Waals surface area contributed by atoms with Gasteiger partial charge in [0, 0.05) is 11.3 Å². The second-order valence-corrected chi connectivity index (χ2v) is 8.17. The molecule has 0 aliphatic rings. The average Bonchev–Trinajstić information content (AvgIpc) is 2.58. The van der Waals surface area contributed by atoms with Crippen LogP contribution in [0.15, 0.2) is 48.5 Å². The lowest BCUT2D eigenvalue weighted by Gasteiger charge is -2.23. The highest BCUT2D eigenvalue weighted by molar-refractivity contribution is 7.92. The smallest absolute Gasteiger partial charge is 0.251 e. The van der Waals surface area contributed by atoms with Gasteiger partial charge >= 0.3 is 0 Å². The molecule has 0 aliphatic carbocycles. The molecule has 26 heavy (non-hydrogen) atoms. The molecule has 2 rings (SSSR count). The molecule has 6 nitrogen and oxygen atoms in total. The Bertz CT molecular complexity index is 861. The number of anilines is 1. The summed E-state index contributed by atoms with van der Waals surface area (Å²) in [6.07, 6.45) is 1.07. The zero-order valence-electron chi connectivity index (χ0n) is 15.3. The monoisotopic (exact) mass is 376 g/mol. The average molecular weight is 376 g/mol. The lowest BCUT2D eigenvalue weighted by molar-refractivity contribution is 0.0925. The Hall–Kier alpha value is -2.54. The number of sulfonamides is 1. The first kappa shape index (κ1) is 19.8. The maximum absolute atomic E-state index is 12.7. The molecule has 2 aromatic rings. The molecule has 0 aliphatic heterocycles. The fourth-order valence-electron chi connectivity index (χ4n) is 2.61. The van der Waals surface area contributed by atoms with E-state index in [-0.39, 0.29) is 17.9 Å². The summed E-state index contributed by atoms with van der Waals surface area (Å²) in [5.41, 5.74) is 1.71. The van der Waals surface area contributed by atoms with Gasteiger partial charge in [0.05, 0.1) is 19.4 Å². The molecular formula is C19H24N2O4S. The molecule has 0 heterocycles. The summed E-state index contributed by atoms with van der Waals surface area (Å²) in [6, 6.07) is 13.8. The summed E-state index contributed by atoms with van der Waals surface area (Å²) in [5, 5.41) is 3.02. The fourth-order valence-corrected chi connectivity index (χ4v) is 3.16. The van der Waals surface area contributed by atoms with E-state index in [1.165, 1.54) is 6.07 Å². The topological polar surface area (TPSA) is 84.5 Å². The molecule has 1 unspecified atom stereocenters. The molecule has 0 saturated carbocycles. The maximum Gasteiger partial charge on any atom is 0.251 e. The van der Waals surface area contributed by atoms with Gasteiger partial charge in [-0.25, -0.2) is 8.42 Å². The minimum absolute atomic E-state index is 0.171. The summed E-state index contributed by atoms with van der Waals surface area (Å²) in [5.74, 6) is 0.656. The number of ether oxygens (including phenoxy) is 1. The van der Waals surface area contributed by atoms with Crippen LogP contribution in [0.5, 0.6) is 5.75 Å². The number of carbonyl (C=O) groups is 1. The van der Waals surface area contributed by atoms with Crippen molar-refractivity contribution < 1.29 is 17.9 Å². The van der Waals surface area contributed by atoms with Gasteiger partial charge in [-0.2, -0.15) is 0 Å². The third-order valence-electron chi connectivity index (χ3n) is 3.86. The van der Waals surface area contributed by atoms with Crippen molar-refractivity contribution in [2.24, 2.45) is 5.92 Å². The van der Waals surface area contributed by atoms with Crippen molar-refractivity contribution in [1.82, 2.24) is 5.32 Å². The van der Waals surface area contributed by atoms with E-state index in [2.05, 4.69) is 10.0 Å². The number of nitrogens with one attached hydrogen (secondary N) is 2. The van der Waals surface area contributed by atoms with Crippen LogP contribution in [0, 0.1) is 5.92 Å². The van der Waals surface area contributed by atoms with Crippen LogP contribution >= 0.6 is 0 Å². The first-order valence-corrected chi connectivity index (χ1v) is 10.1. The standard InChI is InChI=1S/C19H24N2O4S/c1-13(2)18(14-8-10-17(25-3)11-9-14)20-19(22)15-6-5-7-16(12-15)21-26(4,23)24/h5-13,18,21H,1-4H3,(H,20,22). The van der Waals surface area contributed by atoms with Gasteiger partial charge in [0.1, 0.15) is 5.75 Å². The maximum atomic E-state index is 12.7. The molecule has 0 bridgehead atoms. The van der Waals surface area contributed by atoms with Crippen molar-refractivity contribution in [3.63, 3.8) is 0 Å². The quantitative estimate of drug-likeness (QED) is 0.777. The van der Waals surface area contributed by atoms with Crippen LogP contribution in [0.2, 0.25) is 0 Å². The van der Waals surface area contributed by atoms with Crippen LogP contribution in [-0.2, 0) is 10.0 Å². The van der Waals surface area contributed by atoms with Crippen molar-refractivity contribution in [3.05, 3.63) is 59.7 Å². The number of hydrogen-bond donors (Lipinski definition) is 2. The number of rotatable bonds is 7. The fraction of sp³-hybridized carbons (Fsp3) is 0.316. The van der Waals surface area contributed by atoms with Crippen molar-refractivity contribution >= 4 is 21.6 Å². The first-order valence-electron chi connectivity index (χ1n) is 8.22. The van der Waals surface area contributed by atoms with Gasteiger partial charge in [0.15, 0.2) is 0 Å². The number of benzene rings is 2. The van der Waals surface area contributed by atoms with Crippen molar-refractivity contribution in [2.75, 3.05) is 18.1 Å². The van der Waals surface area contributed by atoms with Crippen LogP contribution in [-0.4, -0.2) is 27.7 Å². The lowest BCUT2D eigenvalue weighted by atomic mass is 9.95. The predicted octanol–water partition coefficient (Wildman–Crippen LogP) is 3.19. The van der Waals surface area contributed by atoms with Gasteiger partial charge in [0.2, 0.25) is 10.0 Å². The van der Waals surface area contributed by atoms with Gasteiger partial charge in [-0.15, -0.1) is 0 Å². The second-order valence-electron chi connectivity index (χ2n) is 6.42. The number of hydrogen-bond acceptors (Lipinski definition) is 4. The molecule has 0 fully saturated rings. The van der Waals surface area contributed by atoms with Crippen molar-refractivity contribution in [1.29, 1.82) is 0 Å². The van der Waals surface area contributed by atoms with E-state index >= 15 is 0 Å². The van der Waals surface area contributed by atoms with E-state index < -0.39 is 10.0 Å². The minimum atomic E-state index is -3.40. The number of methoxy groups -OCH3 is 1. The molecular weight excluding hydrogens is 352 g/mol. The summed E-state index contributed by atoms with van der Waals surface area (Å²) in [4.78, 5) is 12.7. The summed E-state index contributed by atoms with van der Waals surface area (Å²) < 4.78 is 30.3. The highest BCUT2D eigenvalue weighted by Gasteiger charge is 2.19. The molecule has 0 saturated heterocycles. The molecule has 1 amide bonds. The zero-order valence-corrected chi connectivity index (χ0v) is 16.1. The van der Waals surface area contributed by atoms with Gasteiger partial charge in [-0.05, 0) is 41.8 Å². The van der Waals surface area contributed by atoms with E-state index in [4.69, 9.17) is 4.74 Å². The van der Waals surface area contributed by atoms with Gasteiger partial charge in [-0.3, -0.25) is 9.52 Å². The van der Waals surface area contributed by atoms with Crippen molar-refractivity contribution in [3.8, 4) is 5.75 Å². The summed E-state index contributed by atoms with van der Waals surface area (Å²) in [6.45, 7) is 4.05. The Morgan fingerprint density at radius 2 is 1.73 bits per heavy atom. The van der Waals surface area contributed by atoms with Crippen LogP contribution in [0.3, 0.4) is 0 Å². The third kappa shape index (κ3) is 5.49. The van der Waals surface area contributed by atoms with E-state index in [0.717, 1.165) is 17.6 Å². The molecule has 0 radical (unpaired) electrons. The Morgan fingerprint density at radius 1 is 1.08 bits per heavy atom. The Balaban J connectivity index is 2.20. The van der Waals surface area contributed by atoms with Gasteiger partial charge in [0.25, 0.3) is 5.91 Å². The van der Waals surface area contributed by atoms with E-state index in [1.54, 1.807) is 25.3 Å². The van der Waals surface area contributed by atoms with Gasteiger partial charge in [-0.1, -0.05) is 32.0 Å². The minimum Gasteiger partial charge on any atom is -0.497 e. The summed E-state index contributed by atoms with van der Waals surface area (Å²) >= 11 is 0. The SMILES string of the molecule is COc1ccc(C(NC(=O)c2cccc(NS(C)(=O)=O)c2)C(C)C)cc1. The molecule has 2 N–H and O–H groups in total. The number of amides is 1. The number of carbonyl (C=O) groups excluding carboxylic acids is 1. The van der Waals surface area contributed by atoms with Crippen LogP contribution in [0.4, 0.5) is 5.69 Å². The summed E-state index contributed by atoms with van der Waals surface area (Å²) in [7, 11) is -1.79. The molecule has 2 aromatic carbocycles. The van der Waals surface area contributed by atoms with E-state index in [0.29, 0.717) is 11.3 Å². The second kappa shape index (κ2) is 8.23. The van der Waals surface area contributed by atoms with Crippen LogP contribution in [0.1, 0.15) is 35.8 Å². The first-order chi connectivity index (χ1) is 12.2. The molecule has 0 spiro atoms. The molecule has 1 atom stereocenters. The predicted molar refractivity (Wildman–Crippen MR) is 103 cm³/mol. The van der Waals surface area contributed by atoms with Crippen LogP contribution in [0.25, 0.3) is 0 Å². The third-order valence-corrected chi connectivity index (χ3v) is 4.46. The molecule has 7 heteroatoms. The lowest BCUT2D eigenvalue weighted by Crippen LogP contribution is -2.31. The Labute approximate surface area is 154 Å². The highest BCUT2D eigenvalue weighted by atomic mass is 32.2. The zero-order chi connectivity index (χ0) is 19.3. The largest absolute Gasteiger partial charge is 0.497 e. The molecule has 140 valence electrons. The van der Waals surface area contributed by atoms with Crippen LogP contribution < -0.4 is 14.8 Å². The molecule has 0 aromatic heterocycles. The van der Waals surface area contributed by atoms with E-state index in [1.807, 2.05) is 38.1 Å². The Kier molecular flexibility index (Phi) is 6.26.